The van der Waals surface area contributed by atoms with Crippen molar-refractivity contribution in [2.24, 2.45) is 0 Å². The quantitative estimate of drug-likeness (QED) is 0.917. The number of carbonyl (C=O) groups is 1. The summed E-state index contributed by atoms with van der Waals surface area (Å²) in [5, 5.41) is 19.0. The molecule has 1 amide bonds. The fourth-order valence-corrected chi connectivity index (χ4v) is 2.59. The van der Waals surface area contributed by atoms with Crippen LogP contribution in [0.4, 0.5) is 5.69 Å². The third kappa shape index (κ3) is 1.89. The summed E-state index contributed by atoms with van der Waals surface area (Å²) in [6, 6.07) is 12.9. The van der Waals surface area contributed by atoms with Crippen LogP contribution in [-0.2, 0) is 0 Å². The summed E-state index contributed by atoms with van der Waals surface area (Å²) in [6.07, 6.45) is 0. The Labute approximate surface area is 121 Å². The van der Waals surface area contributed by atoms with Gasteiger partial charge < -0.3 is 9.84 Å². The lowest BCUT2D eigenvalue weighted by molar-refractivity contribution is 0.0992. The number of nitrogens with zero attached hydrogens (tertiary/aromatic N) is 2. The van der Waals surface area contributed by atoms with E-state index in [2.05, 4.69) is 6.07 Å². The number of phenolic OH excluding ortho intramolecular Hbond substituents is 1. The van der Waals surface area contributed by atoms with Crippen molar-refractivity contribution >= 4 is 11.6 Å². The van der Waals surface area contributed by atoms with Gasteiger partial charge in [0.15, 0.2) is 6.04 Å². The van der Waals surface area contributed by atoms with E-state index >= 15 is 0 Å². The van der Waals surface area contributed by atoms with Crippen LogP contribution in [0.5, 0.6) is 11.5 Å². The average molecular weight is 280 g/mol. The summed E-state index contributed by atoms with van der Waals surface area (Å²) in [5.41, 5.74) is 1.49. The van der Waals surface area contributed by atoms with Gasteiger partial charge in [0.05, 0.1) is 18.7 Å². The summed E-state index contributed by atoms with van der Waals surface area (Å²) < 4.78 is 5.22. The number of phenols is 1. The first-order valence-corrected chi connectivity index (χ1v) is 6.36. The molecule has 21 heavy (non-hydrogen) atoms. The second-order valence-electron chi connectivity index (χ2n) is 4.65. The highest BCUT2D eigenvalue weighted by Gasteiger charge is 2.40. The molecule has 1 atom stereocenters. The number of hydrogen-bond donors (Lipinski definition) is 1. The van der Waals surface area contributed by atoms with E-state index in [9.17, 15) is 15.2 Å². The van der Waals surface area contributed by atoms with Gasteiger partial charge in [0.25, 0.3) is 5.91 Å². The van der Waals surface area contributed by atoms with Gasteiger partial charge in [0, 0.05) is 17.3 Å². The molecule has 104 valence electrons. The fourth-order valence-electron chi connectivity index (χ4n) is 2.59. The molecule has 0 fully saturated rings. The van der Waals surface area contributed by atoms with E-state index in [4.69, 9.17) is 4.74 Å². The van der Waals surface area contributed by atoms with Crippen LogP contribution in [0.3, 0.4) is 0 Å². The average Bonchev–Trinajstić information content (AvgIpc) is 2.79. The lowest BCUT2D eigenvalue weighted by Gasteiger charge is -2.20. The number of aromatic hydroxyl groups is 1. The molecule has 0 saturated carbocycles. The monoisotopic (exact) mass is 280 g/mol. The largest absolute Gasteiger partial charge is 0.508 e. The Balaban J connectivity index is 2.18. The lowest BCUT2D eigenvalue weighted by atomic mass is 10.0. The fraction of sp³-hybridized carbons (Fsp3) is 0.125. The first-order chi connectivity index (χ1) is 10.2. The molecule has 0 saturated heterocycles. The van der Waals surface area contributed by atoms with E-state index in [0.29, 0.717) is 22.6 Å². The van der Waals surface area contributed by atoms with Crippen molar-refractivity contribution in [3.05, 3.63) is 53.6 Å². The van der Waals surface area contributed by atoms with Gasteiger partial charge in [-0.05, 0) is 18.2 Å². The number of ether oxygens (including phenoxy) is 1. The lowest BCUT2D eigenvalue weighted by Crippen LogP contribution is -2.26. The molecular formula is C16H12N2O3. The van der Waals surface area contributed by atoms with Crippen LogP contribution in [0.1, 0.15) is 22.0 Å². The maximum atomic E-state index is 12.7. The minimum atomic E-state index is -0.732. The number of anilines is 1. The highest BCUT2D eigenvalue weighted by atomic mass is 16.5. The van der Waals surface area contributed by atoms with Gasteiger partial charge in [-0.15, -0.1) is 0 Å². The molecule has 2 aromatic rings. The molecule has 0 aliphatic carbocycles. The zero-order valence-electron chi connectivity index (χ0n) is 11.3. The van der Waals surface area contributed by atoms with Crippen molar-refractivity contribution in [1.82, 2.24) is 0 Å². The molecule has 0 spiro atoms. The maximum absolute atomic E-state index is 12.7. The topological polar surface area (TPSA) is 73.6 Å². The number of methoxy groups -OCH3 is 1. The Morgan fingerprint density at radius 1 is 1.29 bits per heavy atom. The smallest absolute Gasteiger partial charge is 0.263 e. The van der Waals surface area contributed by atoms with Gasteiger partial charge in [-0.25, -0.2) is 0 Å². The molecule has 1 aliphatic heterocycles. The second-order valence-corrected chi connectivity index (χ2v) is 4.65. The third-order valence-corrected chi connectivity index (χ3v) is 3.49. The Morgan fingerprint density at radius 3 is 2.71 bits per heavy atom. The van der Waals surface area contributed by atoms with E-state index in [1.165, 1.54) is 24.1 Å². The number of carbonyl (C=O) groups excluding carboxylic acids is 1. The van der Waals surface area contributed by atoms with Gasteiger partial charge in [0.1, 0.15) is 11.5 Å². The van der Waals surface area contributed by atoms with Gasteiger partial charge in [-0.3, -0.25) is 9.69 Å². The summed E-state index contributed by atoms with van der Waals surface area (Å²) in [5.74, 6) is 0.180. The van der Waals surface area contributed by atoms with Crippen molar-refractivity contribution in [3.63, 3.8) is 0 Å². The standard InChI is InChI=1S/C16H12N2O3/c1-21-14-7-3-6-12-13(9-17)18(16(20)15(12)14)10-4-2-5-11(19)8-10/h2-8,13,19H,1H3. The number of nitriles is 1. The molecule has 0 aromatic heterocycles. The normalized spacial score (nSPS) is 16.5. The van der Waals surface area contributed by atoms with Gasteiger partial charge in [-0.2, -0.15) is 5.26 Å². The van der Waals surface area contributed by atoms with E-state index in [1.807, 2.05) is 0 Å². The minimum Gasteiger partial charge on any atom is -0.508 e. The van der Waals surface area contributed by atoms with Crippen LogP contribution in [0.25, 0.3) is 0 Å². The molecule has 5 heteroatoms. The molecule has 3 rings (SSSR count). The van der Waals surface area contributed by atoms with Crippen LogP contribution in [0, 0.1) is 11.3 Å². The highest BCUT2D eigenvalue weighted by Crippen LogP contribution is 2.41. The number of benzene rings is 2. The van der Waals surface area contributed by atoms with Gasteiger partial charge >= 0.3 is 0 Å². The van der Waals surface area contributed by atoms with Crippen molar-refractivity contribution in [1.29, 1.82) is 5.26 Å². The molecule has 5 nitrogen and oxygen atoms in total. The Hall–Kier alpha value is -3.00. The van der Waals surface area contributed by atoms with Crippen LogP contribution < -0.4 is 9.64 Å². The first-order valence-electron chi connectivity index (χ1n) is 6.36. The van der Waals surface area contributed by atoms with Crippen LogP contribution >= 0.6 is 0 Å². The predicted octanol–water partition coefficient (Wildman–Crippen LogP) is 2.63. The van der Waals surface area contributed by atoms with Crippen molar-refractivity contribution in [2.75, 3.05) is 12.0 Å². The molecule has 1 unspecified atom stereocenters. The molecular weight excluding hydrogens is 268 g/mol. The van der Waals surface area contributed by atoms with E-state index in [-0.39, 0.29) is 11.7 Å². The molecule has 1 aliphatic rings. The summed E-state index contributed by atoms with van der Waals surface area (Å²) >= 11 is 0. The van der Waals surface area contributed by atoms with Gasteiger partial charge in [-0.1, -0.05) is 18.2 Å². The molecule has 1 heterocycles. The molecule has 2 aromatic carbocycles. The summed E-state index contributed by atoms with van der Waals surface area (Å²) in [7, 11) is 1.49. The zero-order chi connectivity index (χ0) is 15.0. The van der Waals surface area contributed by atoms with E-state index in [1.54, 1.807) is 30.3 Å². The highest BCUT2D eigenvalue weighted by molar-refractivity contribution is 6.13. The Morgan fingerprint density at radius 2 is 2.05 bits per heavy atom. The number of amides is 1. The van der Waals surface area contributed by atoms with Crippen LogP contribution in [-0.4, -0.2) is 18.1 Å². The van der Waals surface area contributed by atoms with Crippen molar-refractivity contribution < 1.29 is 14.6 Å². The zero-order valence-corrected chi connectivity index (χ0v) is 11.3. The first kappa shape index (κ1) is 13.0. The van der Waals surface area contributed by atoms with E-state index in [0.717, 1.165) is 0 Å². The maximum Gasteiger partial charge on any atom is 0.263 e. The number of hydrogen-bond acceptors (Lipinski definition) is 4. The third-order valence-electron chi connectivity index (χ3n) is 3.49. The SMILES string of the molecule is COc1cccc2c1C(=O)N(c1cccc(O)c1)C2C#N. The Bertz CT molecular complexity index is 764. The van der Waals surface area contributed by atoms with Crippen LogP contribution in [0.15, 0.2) is 42.5 Å². The predicted molar refractivity (Wildman–Crippen MR) is 76.3 cm³/mol. The van der Waals surface area contributed by atoms with Crippen molar-refractivity contribution in [3.8, 4) is 17.6 Å². The van der Waals surface area contributed by atoms with Gasteiger partial charge in [0.2, 0.25) is 0 Å². The van der Waals surface area contributed by atoms with E-state index < -0.39 is 6.04 Å². The molecule has 0 radical (unpaired) electrons. The minimum absolute atomic E-state index is 0.0416. The molecule has 1 N–H and O–H groups in total. The van der Waals surface area contributed by atoms with Crippen molar-refractivity contribution in [2.45, 2.75) is 6.04 Å². The van der Waals surface area contributed by atoms with Crippen LogP contribution in [0.2, 0.25) is 0 Å². The summed E-state index contributed by atoms with van der Waals surface area (Å²) in [6.45, 7) is 0. The second kappa shape index (κ2) is 4.84. The molecule has 0 bridgehead atoms. The Kier molecular flexibility index (Phi) is 2.99. The number of rotatable bonds is 2. The number of fused-ring (bicyclic) bond motifs is 1. The summed E-state index contributed by atoms with van der Waals surface area (Å²) in [4.78, 5) is 14.0.